The predicted molar refractivity (Wildman–Crippen MR) is 93.5 cm³/mol. The third kappa shape index (κ3) is 4.58. The van der Waals surface area contributed by atoms with Gasteiger partial charge in [0, 0.05) is 44.0 Å². The molecule has 1 aliphatic rings. The highest BCUT2D eigenvalue weighted by Gasteiger charge is 2.38. The van der Waals surface area contributed by atoms with Gasteiger partial charge in [-0.15, -0.1) is 0 Å². The van der Waals surface area contributed by atoms with Gasteiger partial charge in [-0.2, -0.15) is 5.10 Å². The summed E-state index contributed by atoms with van der Waals surface area (Å²) in [5, 5.41) is 11.1. The van der Waals surface area contributed by atoms with Gasteiger partial charge in [0.05, 0.1) is 0 Å². The van der Waals surface area contributed by atoms with E-state index < -0.39 is 0 Å². The first-order chi connectivity index (χ1) is 11.4. The second kappa shape index (κ2) is 7.81. The summed E-state index contributed by atoms with van der Waals surface area (Å²) in [6, 6.07) is 13.2. The molecule has 0 bridgehead atoms. The van der Waals surface area contributed by atoms with Gasteiger partial charge in [-0.3, -0.25) is 9.67 Å². The van der Waals surface area contributed by atoms with E-state index in [-0.39, 0.29) is 0 Å². The van der Waals surface area contributed by atoms with E-state index in [0.717, 1.165) is 32.0 Å². The lowest BCUT2D eigenvalue weighted by Crippen LogP contribution is -2.39. The van der Waals surface area contributed by atoms with Crippen LogP contribution in [0.15, 0.2) is 53.8 Å². The molecule has 23 heavy (non-hydrogen) atoms. The third-order valence-corrected chi connectivity index (χ3v) is 4.06. The van der Waals surface area contributed by atoms with E-state index in [0.29, 0.717) is 12.0 Å². The standard InChI is InChI=1S/C18H25N5/c1-2-19-18(20-10-6-12-23-13-7-11-21-23)22-17-14-16(17)15-8-4-3-5-9-15/h3-5,7-9,11,13,16-17H,2,6,10,12,14H2,1H3,(H2,19,20,22). The SMILES string of the molecule is CCNC(=NCCCn1cccn1)NC1CC1c1ccccc1. The van der Waals surface area contributed by atoms with Gasteiger partial charge in [-0.1, -0.05) is 30.3 Å². The zero-order valence-electron chi connectivity index (χ0n) is 13.7. The largest absolute Gasteiger partial charge is 0.357 e. The fourth-order valence-electron chi connectivity index (χ4n) is 2.78. The van der Waals surface area contributed by atoms with Gasteiger partial charge < -0.3 is 10.6 Å². The molecule has 5 heteroatoms. The lowest BCUT2D eigenvalue weighted by molar-refractivity contribution is 0.583. The molecular weight excluding hydrogens is 286 g/mol. The summed E-state index contributed by atoms with van der Waals surface area (Å²) in [7, 11) is 0. The fraction of sp³-hybridized carbons (Fsp3) is 0.444. The van der Waals surface area contributed by atoms with Crippen molar-refractivity contribution in [3.05, 3.63) is 54.4 Å². The normalized spacial score (nSPS) is 20.3. The molecule has 3 rings (SSSR count). The zero-order valence-corrected chi connectivity index (χ0v) is 13.7. The van der Waals surface area contributed by atoms with Crippen LogP contribution in [0.4, 0.5) is 0 Å². The molecule has 122 valence electrons. The molecule has 1 aromatic carbocycles. The Labute approximate surface area is 137 Å². The van der Waals surface area contributed by atoms with E-state index in [1.54, 1.807) is 0 Å². The summed E-state index contributed by atoms with van der Waals surface area (Å²) in [4.78, 5) is 4.67. The average molecular weight is 311 g/mol. The molecule has 1 saturated carbocycles. The molecule has 1 aliphatic carbocycles. The lowest BCUT2D eigenvalue weighted by Gasteiger charge is -2.11. The van der Waals surface area contributed by atoms with Crippen LogP contribution in [0.25, 0.3) is 0 Å². The molecule has 2 N–H and O–H groups in total. The summed E-state index contributed by atoms with van der Waals surface area (Å²) in [6.07, 6.45) is 5.97. The summed E-state index contributed by atoms with van der Waals surface area (Å²) >= 11 is 0. The second-order valence-corrected chi connectivity index (χ2v) is 5.89. The van der Waals surface area contributed by atoms with E-state index in [9.17, 15) is 0 Å². The number of rotatable bonds is 7. The third-order valence-electron chi connectivity index (χ3n) is 4.06. The van der Waals surface area contributed by atoms with Crippen molar-refractivity contribution in [2.24, 2.45) is 4.99 Å². The molecule has 1 aromatic heterocycles. The van der Waals surface area contributed by atoms with Crippen LogP contribution in [0, 0.1) is 0 Å². The van der Waals surface area contributed by atoms with Gasteiger partial charge in [-0.05, 0) is 31.4 Å². The zero-order chi connectivity index (χ0) is 15.9. The molecule has 5 nitrogen and oxygen atoms in total. The van der Waals surface area contributed by atoms with Crippen molar-refractivity contribution < 1.29 is 0 Å². The van der Waals surface area contributed by atoms with Crippen molar-refractivity contribution in [3.63, 3.8) is 0 Å². The van der Waals surface area contributed by atoms with Crippen molar-refractivity contribution in [1.29, 1.82) is 0 Å². The quantitative estimate of drug-likeness (QED) is 0.469. The van der Waals surface area contributed by atoms with Gasteiger partial charge in [-0.25, -0.2) is 0 Å². The number of guanidine groups is 1. The Morgan fingerprint density at radius 3 is 2.91 bits per heavy atom. The number of aliphatic imine (C=N–C) groups is 1. The minimum absolute atomic E-state index is 0.501. The molecule has 1 heterocycles. The van der Waals surface area contributed by atoms with Crippen molar-refractivity contribution in [3.8, 4) is 0 Å². The van der Waals surface area contributed by atoms with Crippen LogP contribution in [0.5, 0.6) is 0 Å². The molecule has 2 unspecified atom stereocenters. The average Bonchev–Trinajstić information content (AvgIpc) is 3.14. The maximum atomic E-state index is 4.67. The van der Waals surface area contributed by atoms with Crippen LogP contribution < -0.4 is 10.6 Å². The number of hydrogen-bond acceptors (Lipinski definition) is 2. The minimum atomic E-state index is 0.501. The molecule has 0 aliphatic heterocycles. The van der Waals surface area contributed by atoms with E-state index in [1.807, 2.05) is 23.1 Å². The highest BCUT2D eigenvalue weighted by atomic mass is 15.3. The fourth-order valence-corrected chi connectivity index (χ4v) is 2.78. The Morgan fingerprint density at radius 2 is 2.17 bits per heavy atom. The highest BCUT2D eigenvalue weighted by Crippen LogP contribution is 2.40. The number of benzene rings is 1. The second-order valence-electron chi connectivity index (χ2n) is 5.89. The molecule has 0 saturated heterocycles. The Bertz CT molecular complexity index is 606. The van der Waals surface area contributed by atoms with Crippen molar-refractivity contribution >= 4 is 5.96 Å². The van der Waals surface area contributed by atoms with Crippen molar-refractivity contribution in [1.82, 2.24) is 20.4 Å². The number of hydrogen-bond donors (Lipinski definition) is 2. The van der Waals surface area contributed by atoms with E-state index in [1.165, 1.54) is 12.0 Å². The van der Waals surface area contributed by atoms with Crippen LogP contribution in [-0.2, 0) is 6.54 Å². The topological polar surface area (TPSA) is 54.2 Å². The maximum Gasteiger partial charge on any atom is 0.191 e. The Kier molecular flexibility index (Phi) is 5.29. The van der Waals surface area contributed by atoms with Gasteiger partial charge in [0.1, 0.15) is 0 Å². The predicted octanol–water partition coefficient (Wildman–Crippen LogP) is 2.38. The number of aromatic nitrogens is 2. The summed E-state index contributed by atoms with van der Waals surface area (Å²) < 4.78 is 1.95. The molecule has 2 atom stereocenters. The maximum absolute atomic E-state index is 4.67. The molecular formula is C18H25N5. The van der Waals surface area contributed by atoms with E-state index in [4.69, 9.17) is 0 Å². The summed E-state index contributed by atoms with van der Waals surface area (Å²) in [5.74, 6) is 1.54. The van der Waals surface area contributed by atoms with E-state index >= 15 is 0 Å². The van der Waals surface area contributed by atoms with Crippen LogP contribution in [0.2, 0.25) is 0 Å². The molecule has 0 radical (unpaired) electrons. The van der Waals surface area contributed by atoms with Crippen molar-refractivity contribution in [2.45, 2.75) is 38.3 Å². The number of nitrogens with one attached hydrogen (secondary N) is 2. The molecule has 2 aromatic rings. The van der Waals surface area contributed by atoms with Crippen LogP contribution in [0.1, 0.15) is 31.2 Å². The van der Waals surface area contributed by atoms with E-state index in [2.05, 4.69) is 58.0 Å². The minimum Gasteiger partial charge on any atom is -0.357 e. The number of nitrogens with zero attached hydrogens (tertiary/aromatic N) is 3. The smallest absolute Gasteiger partial charge is 0.191 e. The summed E-state index contributed by atoms with van der Waals surface area (Å²) in [6.45, 7) is 4.69. The Hall–Kier alpha value is -2.30. The van der Waals surface area contributed by atoms with Gasteiger partial charge in [0.25, 0.3) is 0 Å². The van der Waals surface area contributed by atoms with Crippen LogP contribution >= 0.6 is 0 Å². The van der Waals surface area contributed by atoms with Crippen LogP contribution in [0.3, 0.4) is 0 Å². The first kappa shape index (κ1) is 15.6. The first-order valence-electron chi connectivity index (χ1n) is 8.44. The molecule has 0 amide bonds. The van der Waals surface area contributed by atoms with Gasteiger partial charge in [0.15, 0.2) is 5.96 Å². The van der Waals surface area contributed by atoms with Crippen molar-refractivity contribution in [2.75, 3.05) is 13.1 Å². The highest BCUT2D eigenvalue weighted by molar-refractivity contribution is 5.80. The molecule has 0 spiro atoms. The Balaban J connectivity index is 1.46. The molecule has 1 fully saturated rings. The van der Waals surface area contributed by atoms with Crippen LogP contribution in [-0.4, -0.2) is 34.9 Å². The monoisotopic (exact) mass is 311 g/mol. The first-order valence-corrected chi connectivity index (χ1v) is 8.44. The Morgan fingerprint density at radius 1 is 1.30 bits per heavy atom. The number of aryl methyl sites for hydroxylation is 1. The van der Waals surface area contributed by atoms with Gasteiger partial charge in [0.2, 0.25) is 0 Å². The van der Waals surface area contributed by atoms with Gasteiger partial charge >= 0.3 is 0 Å². The lowest BCUT2D eigenvalue weighted by atomic mass is 10.1. The summed E-state index contributed by atoms with van der Waals surface area (Å²) in [5.41, 5.74) is 1.42.